The van der Waals surface area contributed by atoms with Crippen LogP contribution < -0.4 is 0 Å². The molecular formula is C12H14O5. The van der Waals surface area contributed by atoms with Gasteiger partial charge in [-0.05, 0) is 24.1 Å². The van der Waals surface area contributed by atoms with Gasteiger partial charge in [0, 0.05) is 0 Å². The molecule has 0 fully saturated rings. The Hall–Kier alpha value is -1.88. The zero-order chi connectivity index (χ0) is 13.0. The first-order valence-corrected chi connectivity index (χ1v) is 5.04. The molecule has 0 aliphatic rings. The zero-order valence-corrected chi connectivity index (χ0v) is 9.64. The summed E-state index contributed by atoms with van der Waals surface area (Å²) in [5.41, 5.74) is 1.51. The molecule has 0 saturated carbocycles. The van der Waals surface area contributed by atoms with Crippen LogP contribution in [0.5, 0.6) is 0 Å². The number of esters is 1. The van der Waals surface area contributed by atoms with Crippen LogP contribution in [-0.2, 0) is 9.53 Å². The van der Waals surface area contributed by atoms with Gasteiger partial charge in [-0.3, -0.25) is 4.79 Å². The highest BCUT2D eigenvalue weighted by Gasteiger charge is 2.15. The van der Waals surface area contributed by atoms with Crippen molar-refractivity contribution in [2.24, 2.45) is 0 Å². The van der Waals surface area contributed by atoms with Crippen LogP contribution in [0.25, 0.3) is 0 Å². The number of carboxylic acid groups (broad SMARTS) is 1. The molecule has 0 amide bonds. The Kier molecular flexibility index (Phi) is 4.23. The van der Waals surface area contributed by atoms with Crippen LogP contribution in [-0.4, -0.2) is 29.3 Å². The van der Waals surface area contributed by atoms with Crippen molar-refractivity contribution in [3.05, 3.63) is 34.9 Å². The highest BCUT2D eigenvalue weighted by molar-refractivity contribution is 5.91. The molecule has 5 nitrogen and oxygen atoms in total. The third kappa shape index (κ3) is 3.29. The van der Waals surface area contributed by atoms with Gasteiger partial charge in [-0.15, -0.1) is 0 Å². The van der Waals surface area contributed by atoms with Crippen molar-refractivity contribution >= 4 is 11.9 Å². The first kappa shape index (κ1) is 13.2. The van der Waals surface area contributed by atoms with Crippen LogP contribution >= 0.6 is 0 Å². The minimum atomic E-state index is -1.08. The molecule has 0 aliphatic carbocycles. The monoisotopic (exact) mass is 238 g/mol. The van der Waals surface area contributed by atoms with Crippen molar-refractivity contribution in [3.63, 3.8) is 0 Å². The predicted molar refractivity (Wildman–Crippen MR) is 59.7 cm³/mol. The number of aliphatic hydroxyl groups excluding tert-OH is 1. The van der Waals surface area contributed by atoms with E-state index in [0.717, 1.165) is 0 Å². The molecule has 0 radical (unpaired) electrons. The number of ether oxygens (including phenoxy) is 1. The normalized spacial score (nSPS) is 11.9. The molecule has 92 valence electrons. The Labute approximate surface area is 98.6 Å². The number of aryl methyl sites for hydroxylation is 1. The van der Waals surface area contributed by atoms with Crippen molar-refractivity contribution in [2.45, 2.75) is 19.4 Å². The molecule has 0 heterocycles. The predicted octanol–water partition coefficient (Wildman–Crippen LogP) is 1.29. The van der Waals surface area contributed by atoms with Gasteiger partial charge in [0.15, 0.2) is 0 Å². The number of rotatable bonds is 4. The lowest BCUT2D eigenvalue weighted by molar-refractivity contribution is -0.139. The maximum absolute atomic E-state index is 11.3. The summed E-state index contributed by atoms with van der Waals surface area (Å²) in [7, 11) is 1.29. The summed E-state index contributed by atoms with van der Waals surface area (Å²) in [5, 5.41) is 18.2. The number of hydrogen-bond donors (Lipinski definition) is 2. The first-order chi connectivity index (χ1) is 7.95. The van der Waals surface area contributed by atoms with E-state index in [4.69, 9.17) is 5.11 Å². The number of carboxylic acids is 1. The number of benzene rings is 1. The summed E-state index contributed by atoms with van der Waals surface area (Å²) in [5.74, 6) is -1.53. The number of hydrogen-bond acceptors (Lipinski definition) is 4. The van der Waals surface area contributed by atoms with Gasteiger partial charge < -0.3 is 14.9 Å². The Morgan fingerprint density at radius 3 is 2.53 bits per heavy atom. The fraction of sp³-hybridized carbons (Fsp3) is 0.333. The second kappa shape index (κ2) is 5.45. The second-order valence-corrected chi connectivity index (χ2v) is 3.68. The van der Waals surface area contributed by atoms with E-state index in [-0.39, 0.29) is 6.42 Å². The minimum Gasteiger partial charge on any atom is -0.481 e. The van der Waals surface area contributed by atoms with Crippen molar-refractivity contribution in [1.29, 1.82) is 0 Å². The summed E-state index contributed by atoms with van der Waals surface area (Å²) in [6.45, 7) is 1.70. The van der Waals surface area contributed by atoms with E-state index in [0.29, 0.717) is 16.7 Å². The minimum absolute atomic E-state index is 0.364. The fourth-order valence-corrected chi connectivity index (χ4v) is 1.52. The Morgan fingerprint density at radius 1 is 1.41 bits per heavy atom. The molecule has 1 aromatic rings. The van der Waals surface area contributed by atoms with E-state index in [1.54, 1.807) is 13.0 Å². The molecule has 0 aromatic heterocycles. The van der Waals surface area contributed by atoms with Gasteiger partial charge in [0.1, 0.15) is 0 Å². The molecule has 2 N–H and O–H groups in total. The van der Waals surface area contributed by atoms with Crippen molar-refractivity contribution in [1.82, 2.24) is 0 Å². The van der Waals surface area contributed by atoms with E-state index in [9.17, 15) is 14.7 Å². The van der Waals surface area contributed by atoms with Crippen LogP contribution in [0.2, 0.25) is 0 Å². The summed E-state index contributed by atoms with van der Waals surface area (Å²) >= 11 is 0. The molecule has 17 heavy (non-hydrogen) atoms. The van der Waals surface area contributed by atoms with Crippen molar-refractivity contribution in [3.8, 4) is 0 Å². The molecule has 0 bridgehead atoms. The third-order valence-electron chi connectivity index (χ3n) is 2.41. The number of aliphatic hydroxyl groups is 1. The van der Waals surface area contributed by atoms with E-state index < -0.39 is 18.0 Å². The molecule has 1 rings (SSSR count). The average molecular weight is 238 g/mol. The van der Waals surface area contributed by atoms with Gasteiger partial charge in [0.25, 0.3) is 0 Å². The van der Waals surface area contributed by atoms with Gasteiger partial charge in [-0.25, -0.2) is 4.79 Å². The lowest BCUT2D eigenvalue weighted by atomic mass is 10.0. The lowest BCUT2D eigenvalue weighted by Gasteiger charge is -2.11. The van der Waals surface area contributed by atoms with Crippen LogP contribution in [0.15, 0.2) is 18.2 Å². The maximum atomic E-state index is 11.3. The molecule has 5 heteroatoms. The summed E-state index contributed by atoms with van der Waals surface area (Å²) in [6, 6.07) is 4.62. The van der Waals surface area contributed by atoms with E-state index >= 15 is 0 Å². The standard InChI is InChI=1S/C12H14O5/c1-7-5-8(10(13)6-11(14)15)3-4-9(7)12(16)17-2/h3-5,10,13H,6H2,1-2H3,(H,14,15)/t10-/m0/s1. The summed E-state index contributed by atoms with van der Waals surface area (Å²) in [6.07, 6.45) is -1.44. The van der Waals surface area contributed by atoms with Crippen LogP contribution in [0.1, 0.15) is 34.0 Å². The average Bonchev–Trinajstić information content (AvgIpc) is 2.27. The van der Waals surface area contributed by atoms with Crippen molar-refractivity contribution < 1.29 is 24.5 Å². The number of aliphatic carboxylic acids is 1. The third-order valence-corrected chi connectivity index (χ3v) is 2.41. The van der Waals surface area contributed by atoms with Gasteiger partial charge in [-0.1, -0.05) is 12.1 Å². The Balaban J connectivity index is 2.96. The molecule has 1 atom stereocenters. The number of carbonyl (C=O) groups excluding carboxylic acids is 1. The lowest BCUT2D eigenvalue weighted by Crippen LogP contribution is -2.08. The molecule has 0 aliphatic heterocycles. The van der Waals surface area contributed by atoms with Gasteiger partial charge >= 0.3 is 11.9 Å². The van der Waals surface area contributed by atoms with Crippen LogP contribution in [0.4, 0.5) is 0 Å². The second-order valence-electron chi connectivity index (χ2n) is 3.68. The first-order valence-electron chi connectivity index (χ1n) is 5.04. The summed E-state index contributed by atoms with van der Waals surface area (Å²) < 4.78 is 4.59. The topological polar surface area (TPSA) is 83.8 Å². The maximum Gasteiger partial charge on any atom is 0.338 e. The largest absolute Gasteiger partial charge is 0.481 e. The fourth-order valence-electron chi connectivity index (χ4n) is 1.52. The Bertz CT molecular complexity index is 439. The smallest absolute Gasteiger partial charge is 0.338 e. The zero-order valence-electron chi connectivity index (χ0n) is 9.64. The van der Waals surface area contributed by atoms with E-state index in [1.165, 1.54) is 19.2 Å². The van der Waals surface area contributed by atoms with Gasteiger partial charge in [0.05, 0.1) is 25.2 Å². The number of carbonyl (C=O) groups is 2. The van der Waals surface area contributed by atoms with Gasteiger partial charge in [-0.2, -0.15) is 0 Å². The van der Waals surface area contributed by atoms with Crippen LogP contribution in [0.3, 0.4) is 0 Å². The Morgan fingerprint density at radius 2 is 2.06 bits per heavy atom. The molecular weight excluding hydrogens is 224 g/mol. The van der Waals surface area contributed by atoms with Crippen molar-refractivity contribution in [2.75, 3.05) is 7.11 Å². The summed E-state index contributed by atoms with van der Waals surface area (Å²) in [4.78, 5) is 21.8. The van der Waals surface area contributed by atoms with Crippen LogP contribution in [0, 0.1) is 6.92 Å². The number of methoxy groups -OCH3 is 1. The molecule has 0 unspecified atom stereocenters. The van der Waals surface area contributed by atoms with Gasteiger partial charge in [0.2, 0.25) is 0 Å². The highest BCUT2D eigenvalue weighted by atomic mass is 16.5. The van der Waals surface area contributed by atoms with E-state index in [1.807, 2.05) is 0 Å². The SMILES string of the molecule is COC(=O)c1ccc([C@@H](O)CC(=O)O)cc1C. The highest BCUT2D eigenvalue weighted by Crippen LogP contribution is 2.20. The van der Waals surface area contributed by atoms with E-state index in [2.05, 4.69) is 4.74 Å². The quantitative estimate of drug-likeness (QED) is 0.772. The molecule has 0 spiro atoms. The molecule has 0 saturated heterocycles. The molecule has 1 aromatic carbocycles.